The lowest BCUT2D eigenvalue weighted by Crippen LogP contribution is -2.14. The molecule has 0 unspecified atom stereocenters. The summed E-state index contributed by atoms with van der Waals surface area (Å²) in [5.41, 5.74) is 11.2. The fourth-order valence-corrected chi connectivity index (χ4v) is 4.04. The van der Waals surface area contributed by atoms with Crippen molar-refractivity contribution in [2.24, 2.45) is 0 Å². The second kappa shape index (κ2) is 25.4. The molecule has 1 nitrogen and oxygen atoms in total. The van der Waals surface area contributed by atoms with Crippen LogP contribution in [0.1, 0.15) is 136 Å². The van der Waals surface area contributed by atoms with Gasteiger partial charge in [-0.15, -0.1) is 6.58 Å². The van der Waals surface area contributed by atoms with Gasteiger partial charge in [-0.2, -0.15) is 0 Å². The number of hydrogen-bond acceptors (Lipinski definition) is 1. The largest absolute Gasteiger partial charge is 0.305 e. The molecule has 1 aromatic carbocycles. The van der Waals surface area contributed by atoms with Crippen molar-refractivity contribution in [3.05, 3.63) is 82.0 Å². The standard InChI is InChI=1S/C15H24.C12H21N.C8H16.C2H6/c1-6-13(7-2)15-10-9-14(8-3)11(4)12(15)5;1-10(2)7-8-11(3)12(4)9-13(5)6;1-4-5-6-7-8(2)3;1-2/h9-10,13H,6-8H2,1-5H3;7-8H,4,9H2,1-3,5-6H3;2,4-7H2,1,3H3;1-2H3/b;11-8-;;. The first-order chi connectivity index (χ1) is 17.9. The summed E-state index contributed by atoms with van der Waals surface area (Å²) in [6.07, 6.45) is 13.1. The molecule has 0 aliphatic carbocycles. The van der Waals surface area contributed by atoms with Crippen LogP contribution < -0.4 is 0 Å². The number of hydrogen-bond donors (Lipinski definition) is 0. The van der Waals surface area contributed by atoms with Crippen LogP contribution in [0.5, 0.6) is 0 Å². The van der Waals surface area contributed by atoms with Gasteiger partial charge in [0.15, 0.2) is 0 Å². The van der Waals surface area contributed by atoms with Gasteiger partial charge in [-0.25, -0.2) is 0 Å². The molecule has 1 heteroatoms. The summed E-state index contributed by atoms with van der Waals surface area (Å²) in [6, 6.07) is 4.66. The third kappa shape index (κ3) is 20.1. The van der Waals surface area contributed by atoms with Crippen LogP contribution in [0.25, 0.3) is 0 Å². The molecule has 0 fully saturated rings. The second-order valence-electron chi connectivity index (χ2n) is 10.8. The Morgan fingerprint density at radius 1 is 0.842 bits per heavy atom. The highest BCUT2D eigenvalue weighted by Crippen LogP contribution is 2.29. The van der Waals surface area contributed by atoms with Gasteiger partial charge in [0, 0.05) is 6.54 Å². The van der Waals surface area contributed by atoms with E-state index in [4.69, 9.17) is 0 Å². The molecule has 0 amide bonds. The predicted octanol–water partition coefficient (Wildman–Crippen LogP) is 12.0. The molecule has 0 aliphatic rings. The van der Waals surface area contributed by atoms with E-state index < -0.39 is 0 Å². The van der Waals surface area contributed by atoms with Gasteiger partial charge in [-0.05, 0) is 127 Å². The Balaban J connectivity index is -0.000000488. The molecule has 0 N–H and O–H groups in total. The molecule has 0 aromatic heterocycles. The van der Waals surface area contributed by atoms with E-state index in [-0.39, 0.29) is 0 Å². The molecular formula is C37H67N. The van der Waals surface area contributed by atoms with Crippen LogP contribution >= 0.6 is 0 Å². The third-order valence-electron chi connectivity index (χ3n) is 6.69. The lowest BCUT2D eigenvalue weighted by Gasteiger charge is -2.19. The number of allylic oxidation sites excluding steroid dienone is 4. The van der Waals surface area contributed by atoms with E-state index >= 15 is 0 Å². The molecule has 0 spiro atoms. The Morgan fingerprint density at radius 3 is 1.79 bits per heavy atom. The Bertz CT molecular complexity index is 811. The van der Waals surface area contributed by atoms with E-state index in [0.717, 1.165) is 18.9 Å². The SMILES string of the molecule is C=C(C)CCCCC.C=C(CN(C)C)/C(C)=C\C=C(C)C.CC.CCc1ccc(C(CC)CC)c(C)c1C. The summed E-state index contributed by atoms with van der Waals surface area (Å²) in [6.45, 7) is 34.8. The van der Waals surface area contributed by atoms with Crippen molar-refractivity contribution in [1.29, 1.82) is 0 Å². The van der Waals surface area contributed by atoms with Crippen LogP contribution in [0.4, 0.5) is 0 Å². The molecule has 0 atom stereocenters. The number of rotatable bonds is 12. The van der Waals surface area contributed by atoms with Gasteiger partial charge in [0.2, 0.25) is 0 Å². The maximum absolute atomic E-state index is 4.03. The van der Waals surface area contributed by atoms with Crippen molar-refractivity contribution in [1.82, 2.24) is 4.90 Å². The van der Waals surface area contributed by atoms with Crippen LogP contribution in [-0.2, 0) is 6.42 Å². The fourth-order valence-electron chi connectivity index (χ4n) is 4.04. The predicted molar refractivity (Wildman–Crippen MR) is 180 cm³/mol. The third-order valence-corrected chi connectivity index (χ3v) is 6.69. The number of aryl methyl sites for hydroxylation is 1. The highest BCUT2D eigenvalue weighted by atomic mass is 15.0. The van der Waals surface area contributed by atoms with Crippen LogP contribution in [0.15, 0.2) is 59.7 Å². The lowest BCUT2D eigenvalue weighted by atomic mass is 9.86. The van der Waals surface area contributed by atoms with Crippen molar-refractivity contribution < 1.29 is 0 Å². The summed E-state index contributed by atoms with van der Waals surface area (Å²) in [4.78, 5) is 2.13. The maximum Gasteiger partial charge on any atom is 0.0224 e. The summed E-state index contributed by atoms with van der Waals surface area (Å²) >= 11 is 0. The molecule has 0 bridgehead atoms. The Morgan fingerprint density at radius 2 is 1.39 bits per heavy atom. The van der Waals surface area contributed by atoms with Crippen LogP contribution in [0.3, 0.4) is 0 Å². The minimum atomic E-state index is 0.745. The Hall–Kier alpha value is -1.86. The molecule has 1 rings (SSSR count). The van der Waals surface area contributed by atoms with E-state index in [9.17, 15) is 0 Å². The van der Waals surface area contributed by atoms with Crippen molar-refractivity contribution in [2.45, 2.75) is 134 Å². The first kappa shape index (κ1) is 40.6. The number of benzene rings is 1. The Labute approximate surface area is 241 Å². The van der Waals surface area contributed by atoms with Crippen molar-refractivity contribution in [3.8, 4) is 0 Å². The first-order valence-corrected chi connectivity index (χ1v) is 15.2. The van der Waals surface area contributed by atoms with Gasteiger partial charge in [0.05, 0.1) is 0 Å². The average molecular weight is 526 g/mol. The molecule has 0 radical (unpaired) electrons. The molecule has 0 saturated carbocycles. The maximum atomic E-state index is 4.03. The second-order valence-corrected chi connectivity index (χ2v) is 10.8. The molecule has 220 valence electrons. The van der Waals surface area contributed by atoms with Crippen molar-refractivity contribution >= 4 is 0 Å². The zero-order valence-electron chi connectivity index (χ0n) is 28.4. The van der Waals surface area contributed by atoms with Gasteiger partial charge in [0.1, 0.15) is 0 Å². The quantitative estimate of drug-likeness (QED) is 0.149. The molecule has 0 heterocycles. The molecular weight excluding hydrogens is 458 g/mol. The van der Waals surface area contributed by atoms with Crippen molar-refractivity contribution in [3.63, 3.8) is 0 Å². The zero-order chi connectivity index (χ0) is 30.3. The number of likely N-dealkylation sites (N-methyl/N-ethyl adjacent to an activating group) is 1. The van der Waals surface area contributed by atoms with Gasteiger partial charge in [0.25, 0.3) is 0 Å². The summed E-state index contributed by atoms with van der Waals surface area (Å²) in [5, 5.41) is 0. The van der Waals surface area contributed by atoms with Crippen LogP contribution in [0.2, 0.25) is 0 Å². The average Bonchev–Trinajstić information content (AvgIpc) is 2.87. The number of nitrogens with zero attached hydrogens (tertiary/aromatic N) is 1. The van der Waals surface area contributed by atoms with E-state index in [1.54, 1.807) is 5.56 Å². The number of unbranched alkanes of at least 4 members (excludes halogenated alkanes) is 2. The highest BCUT2D eigenvalue weighted by molar-refractivity contribution is 5.41. The summed E-state index contributed by atoms with van der Waals surface area (Å²) in [7, 11) is 4.11. The minimum absolute atomic E-state index is 0.745. The van der Waals surface area contributed by atoms with Crippen molar-refractivity contribution in [2.75, 3.05) is 20.6 Å². The van der Waals surface area contributed by atoms with Crippen LogP contribution in [0, 0.1) is 13.8 Å². The van der Waals surface area contributed by atoms with Gasteiger partial charge in [-0.3, -0.25) is 0 Å². The van der Waals surface area contributed by atoms with E-state index in [0.29, 0.717) is 0 Å². The van der Waals surface area contributed by atoms with Gasteiger partial charge < -0.3 is 4.90 Å². The van der Waals surface area contributed by atoms with E-state index in [1.807, 2.05) is 13.8 Å². The lowest BCUT2D eigenvalue weighted by molar-refractivity contribution is 0.447. The monoisotopic (exact) mass is 526 g/mol. The Kier molecular flexibility index (Phi) is 27.2. The van der Waals surface area contributed by atoms with E-state index in [2.05, 4.69) is 126 Å². The van der Waals surface area contributed by atoms with E-state index in [1.165, 1.54) is 77.5 Å². The van der Waals surface area contributed by atoms with Crippen LogP contribution in [-0.4, -0.2) is 25.5 Å². The normalized spacial score (nSPS) is 10.5. The fraction of sp³-hybridized carbons (Fsp3) is 0.622. The van der Waals surface area contributed by atoms with Gasteiger partial charge in [-0.1, -0.05) is 96.4 Å². The summed E-state index contributed by atoms with van der Waals surface area (Å²) in [5.74, 6) is 0.745. The topological polar surface area (TPSA) is 3.24 Å². The molecule has 0 aliphatic heterocycles. The summed E-state index contributed by atoms with van der Waals surface area (Å²) < 4.78 is 0. The van der Waals surface area contributed by atoms with Gasteiger partial charge >= 0.3 is 0 Å². The zero-order valence-corrected chi connectivity index (χ0v) is 28.4. The highest BCUT2D eigenvalue weighted by Gasteiger charge is 2.12. The molecule has 38 heavy (non-hydrogen) atoms. The molecule has 0 saturated heterocycles. The minimum Gasteiger partial charge on any atom is -0.305 e. The smallest absolute Gasteiger partial charge is 0.0224 e. The molecule has 1 aromatic rings. The first-order valence-electron chi connectivity index (χ1n) is 15.2.